The molecule has 0 atom stereocenters. The summed E-state index contributed by atoms with van der Waals surface area (Å²) in [5.41, 5.74) is 6.97. The van der Waals surface area contributed by atoms with E-state index in [1.54, 1.807) is 0 Å². The third kappa shape index (κ3) is 6.83. The Bertz CT molecular complexity index is 155. The minimum atomic E-state index is -1.15. The third-order valence-electron chi connectivity index (χ3n) is 0.350. The van der Waals surface area contributed by atoms with E-state index in [9.17, 15) is 4.79 Å². The SMILES string of the molecule is NC(=S)NN=CC(=O)O. The van der Waals surface area contributed by atoms with Crippen molar-refractivity contribution in [3.8, 4) is 0 Å². The second kappa shape index (κ2) is 3.79. The summed E-state index contributed by atoms with van der Waals surface area (Å²) >= 11 is 4.31. The van der Waals surface area contributed by atoms with E-state index < -0.39 is 5.97 Å². The maximum atomic E-state index is 9.71. The van der Waals surface area contributed by atoms with Crippen molar-refractivity contribution in [2.75, 3.05) is 0 Å². The van der Waals surface area contributed by atoms with Gasteiger partial charge in [-0.2, -0.15) is 5.10 Å². The Kier molecular flexibility index (Phi) is 3.29. The number of thiocarbonyl (C=S) groups is 1. The summed E-state index contributed by atoms with van der Waals surface area (Å²) in [5.74, 6) is -1.15. The highest BCUT2D eigenvalue weighted by atomic mass is 32.1. The number of rotatable bonds is 2. The van der Waals surface area contributed by atoms with Crippen molar-refractivity contribution in [2.45, 2.75) is 0 Å². The number of nitrogens with one attached hydrogen (secondary N) is 1. The quantitative estimate of drug-likeness (QED) is 0.262. The number of nitrogens with two attached hydrogens (primary N) is 1. The van der Waals surface area contributed by atoms with E-state index in [4.69, 9.17) is 10.8 Å². The van der Waals surface area contributed by atoms with Crippen LogP contribution in [0, 0.1) is 0 Å². The lowest BCUT2D eigenvalue weighted by atomic mass is 10.8. The van der Waals surface area contributed by atoms with Crippen LogP contribution in [0.2, 0.25) is 0 Å². The molecule has 0 heterocycles. The lowest BCUT2D eigenvalue weighted by Crippen LogP contribution is -2.24. The van der Waals surface area contributed by atoms with Crippen LogP contribution < -0.4 is 11.2 Å². The van der Waals surface area contributed by atoms with Crippen LogP contribution in [0.15, 0.2) is 5.10 Å². The third-order valence-corrected chi connectivity index (χ3v) is 0.441. The van der Waals surface area contributed by atoms with Gasteiger partial charge in [-0.1, -0.05) is 0 Å². The predicted molar refractivity (Wildman–Crippen MR) is 36.0 cm³/mol. The summed E-state index contributed by atoms with van der Waals surface area (Å²) < 4.78 is 0. The van der Waals surface area contributed by atoms with Crippen molar-refractivity contribution in [1.29, 1.82) is 0 Å². The van der Waals surface area contributed by atoms with Crippen LogP contribution in [0.5, 0.6) is 0 Å². The van der Waals surface area contributed by atoms with Gasteiger partial charge in [0.25, 0.3) is 0 Å². The van der Waals surface area contributed by atoms with Gasteiger partial charge in [0, 0.05) is 0 Å². The number of hydrogen-bond acceptors (Lipinski definition) is 3. The van der Waals surface area contributed by atoms with Crippen LogP contribution >= 0.6 is 12.2 Å². The van der Waals surface area contributed by atoms with Crippen molar-refractivity contribution in [3.63, 3.8) is 0 Å². The molecule has 0 aromatic carbocycles. The molecular weight excluding hydrogens is 142 g/mol. The van der Waals surface area contributed by atoms with Gasteiger partial charge >= 0.3 is 5.97 Å². The molecule has 9 heavy (non-hydrogen) atoms. The molecule has 0 fully saturated rings. The zero-order valence-corrected chi connectivity index (χ0v) is 5.18. The van der Waals surface area contributed by atoms with Gasteiger partial charge < -0.3 is 10.8 Å². The van der Waals surface area contributed by atoms with Gasteiger partial charge in [-0.05, 0) is 12.2 Å². The van der Waals surface area contributed by atoms with Gasteiger partial charge in [0.1, 0.15) is 6.21 Å². The van der Waals surface area contributed by atoms with E-state index in [0.717, 1.165) is 0 Å². The first-order valence-corrected chi connectivity index (χ1v) is 2.35. The number of carbonyl (C=O) groups is 1. The van der Waals surface area contributed by atoms with Crippen LogP contribution in [0.1, 0.15) is 0 Å². The van der Waals surface area contributed by atoms with E-state index >= 15 is 0 Å². The standard InChI is InChI=1S/C3H5N3O2S/c4-3(9)6-5-1-2(7)8/h1H,(H,7,8)(H3,4,6,9). The molecular formula is C3H5N3O2S. The first-order valence-electron chi connectivity index (χ1n) is 1.94. The second-order valence-corrected chi connectivity index (χ2v) is 1.51. The Morgan fingerprint density at radius 1 is 1.89 bits per heavy atom. The zero-order chi connectivity index (χ0) is 7.28. The molecule has 0 aromatic rings. The number of carboxylic acids is 1. The van der Waals surface area contributed by atoms with Crippen molar-refractivity contribution < 1.29 is 9.90 Å². The summed E-state index contributed by atoms with van der Waals surface area (Å²) in [6.45, 7) is 0. The predicted octanol–water partition coefficient (Wildman–Crippen LogP) is -1.11. The molecule has 5 nitrogen and oxygen atoms in total. The van der Waals surface area contributed by atoms with Gasteiger partial charge in [0.2, 0.25) is 0 Å². The van der Waals surface area contributed by atoms with Gasteiger partial charge in [0.05, 0.1) is 0 Å². The maximum Gasteiger partial charge on any atom is 0.348 e. The lowest BCUT2D eigenvalue weighted by Gasteiger charge is -1.89. The molecule has 0 radical (unpaired) electrons. The number of hydrazone groups is 1. The number of hydrogen-bond donors (Lipinski definition) is 3. The Labute approximate surface area is 56.5 Å². The average molecular weight is 147 g/mol. The molecule has 0 aliphatic rings. The first kappa shape index (κ1) is 7.83. The minimum Gasteiger partial charge on any atom is -0.477 e. The average Bonchev–Trinajstić information content (AvgIpc) is 1.63. The Balaban J connectivity index is 3.48. The van der Waals surface area contributed by atoms with E-state index in [-0.39, 0.29) is 5.11 Å². The van der Waals surface area contributed by atoms with Crippen molar-refractivity contribution >= 4 is 29.5 Å². The van der Waals surface area contributed by atoms with Crippen LogP contribution in [-0.4, -0.2) is 22.4 Å². The van der Waals surface area contributed by atoms with E-state index in [1.165, 1.54) is 0 Å². The zero-order valence-electron chi connectivity index (χ0n) is 4.37. The van der Waals surface area contributed by atoms with E-state index in [0.29, 0.717) is 6.21 Å². The monoisotopic (exact) mass is 147 g/mol. The fraction of sp³-hybridized carbons (Fsp3) is 0. The van der Waals surface area contributed by atoms with Crippen molar-refractivity contribution in [1.82, 2.24) is 5.43 Å². The van der Waals surface area contributed by atoms with Gasteiger partial charge in [-0.15, -0.1) is 0 Å². The van der Waals surface area contributed by atoms with Crippen LogP contribution in [0.3, 0.4) is 0 Å². The molecule has 0 bridgehead atoms. The smallest absolute Gasteiger partial charge is 0.348 e. The summed E-state index contributed by atoms with van der Waals surface area (Å²) in [7, 11) is 0. The first-order chi connectivity index (χ1) is 4.13. The fourth-order valence-electron chi connectivity index (χ4n) is 0.151. The van der Waals surface area contributed by atoms with Gasteiger partial charge in [-0.3, -0.25) is 5.43 Å². The normalized spacial score (nSPS) is 9.33. The van der Waals surface area contributed by atoms with Crippen molar-refractivity contribution in [3.05, 3.63) is 0 Å². The fourth-order valence-corrected chi connectivity index (χ4v) is 0.204. The molecule has 0 saturated heterocycles. The summed E-state index contributed by atoms with van der Waals surface area (Å²) in [4.78, 5) is 9.71. The Morgan fingerprint density at radius 3 is 2.78 bits per heavy atom. The molecule has 0 spiro atoms. The van der Waals surface area contributed by atoms with Crippen molar-refractivity contribution in [2.24, 2.45) is 10.8 Å². The number of aliphatic carboxylic acids is 1. The second-order valence-electron chi connectivity index (χ2n) is 1.07. The van der Waals surface area contributed by atoms with Crippen LogP contribution in [0.4, 0.5) is 0 Å². The van der Waals surface area contributed by atoms with Crippen LogP contribution in [-0.2, 0) is 4.79 Å². The number of nitrogens with zero attached hydrogens (tertiary/aromatic N) is 1. The molecule has 0 aromatic heterocycles. The molecule has 0 amide bonds. The highest BCUT2D eigenvalue weighted by molar-refractivity contribution is 7.80. The Morgan fingerprint density at radius 2 is 2.44 bits per heavy atom. The molecule has 0 aliphatic heterocycles. The summed E-state index contributed by atoms with van der Waals surface area (Å²) in [5, 5.41) is 11.0. The molecule has 50 valence electrons. The summed E-state index contributed by atoms with van der Waals surface area (Å²) in [6, 6.07) is 0. The summed E-state index contributed by atoms with van der Waals surface area (Å²) in [6.07, 6.45) is 0.652. The van der Waals surface area contributed by atoms with Crippen LogP contribution in [0.25, 0.3) is 0 Å². The highest BCUT2D eigenvalue weighted by Crippen LogP contribution is 1.58. The lowest BCUT2D eigenvalue weighted by molar-refractivity contribution is -0.128. The highest BCUT2D eigenvalue weighted by Gasteiger charge is 1.84. The molecule has 6 heteroatoms. The minimum absolute atomic E-state index is 0.0625. The van der Waals surface area contributed by atoms with E-state index in [1.807, 2.05) is 0 Å². The van der Waals surface area contributed by atoms with E-state index in [2.05, 4.69) is 22.7 Å². The van der Waals surface area contributed by atoms with Gasteiger partial charge in [0.15, 0.2) is 5.11 Å². The Hall–Kier alpha value is -1.17. The molecule has 0 saturated carbocycles. The molecule has 0 rings (SSSR count). The topological polar surface area (TPSA) is 87.7 Å². The number of carboxylic acid groups (broad SMARTS) is 1. The molecule has 4 N–H and O–H groups in total. The maximum absolute atomic E-state index is 9.71. The molecule has 0 aliphatic carbocycles. The van der Waals surface area contributed by atoms with Gasteiger partial charge in [-0.25, -0.2) is 4.79 Å². The molecule has 0 unspecified atom stereocenters. The largest absolute Gasteiger partial charge is 0.477 e.